The predicted molar refractivity (Wildman–Crippen MR) is 162 cm³/mol. The van der Waals surface area contributed by atoms with Gasteiger partial charge in [-0.05, 0) is 96.3 Å². The Bertz CT molecular complexity index is 1580. The van der Waals surface area contributed by atoms with Gasteiger partial charge in [-0.1, -0.05) is 19.2 Å². The topological polar surface area (TPSA) is 69.9 Å². The van der Waals surface area contributed by atoms with Crippen LogP contribution in [0.3, 0.4) is 0 Å². The van der Waals surface area contributed by atoms with Crippen LogP contribution in [0.15, 0.2) is 65.4 Å². The molecule has 1 N–H and O–H groups in total. The summed E-state index contributed by atoms with van der Waals surface area (Å²) in [6.07, 6.45) is 9.09. The lowest BCUT2D eigenvalue weighted by atomic mass is 9.86. The summed E-state index contributed by atoms with van der Waals surface area (Å²) < 4.78 is 8.07. The number of carbonyl (C=O) groups is 2. The van der Waals surface area contributed by atoms with E-state index in [0.29, 0.717) is 11.1 Å². The second-order valence-electron chi connectivity index (χ2n) is 12.7. The van der Waals surface area contributed by atoms with E-state index in [2.05, 4.69) is 59.0 Å². The van der Waals surface area contributed by atoms with Crippen molar-refractivity contribution in [1.82, 2.24) is 0 Å². The lowest BCUT2D eigenvalue weighted by Gasteiger charge is -2.40. The molecule has 2 fully saturated rings. The highest BCUT2D eigenvalue weighted by molar-refractivity contribution is 6.98. The molecule has 1 aliphatic carbocycles. The Kier molecular flexibility index (Phi) is 6.26. The number of aromatic carboxylic acids is 1. The van der Waals surface area contributed by atoms with Gasteiger partial charge in [-0.15, -0.1) is 0 Å². The Morgan fingerprint density at radius 1 is 0.975 bits per heavy atom. The second kappa shape index (κ2) is 9.44. The highest BCUT2D eigenvalue weighted by atomic mass is 28.3. The van der Waals surface area contributed by atoms with Crippen molar-refractivity contribution in [2.45, 2.75) is 52.3 Å². The number of anilines is 1. The molecule has 0 saturated carbocycles. The van der Waals surface area contributed by atoms with Crippen LogP contribution in [-0.2, 0) is 4.74 Å². The zero-order valence-corrected chi connectivity index (χ0v) is 25.0. The normalized spacial score (nSPS) is 19.3. The summed E-state index contributed by atoms with van der Waals surface area (Å²) in [4.78, 5) is 28.1. The Morgan fingerprint density at radius 2 is 1.73 bits per heavy atom. The van der Waals surface area contributed by atoms with Crippen LogP contribution in [0.4, 0.5) is 5.69 Å². The molecule has 3 aliphatic heterocycles. The zero-order valence-electron chi connectivity index (χ0n) is 24.0. The molecule has 2 aromatic carbocycles. The Labute approximate surface area is 237 Å². The molecule has 4 aliphatic rings. The maximum absolute atomic E-state index is 13.1. The number of ether oxygens (including phenoxy) is 1. The number of benzene rings is 2. The molecule has 3 heterocycles. The van der Waals surface area contributed by atoms with Crippen LogP contribution < -0.4 is 10.1 Å². The van der Waals surface area contributed by atoms with Crippen molar-refractivity contribution in [3.8, 4) is 0 Å². The monoisotopic (exact) mass is 553 g/mol. The average Bonchev–Trinajstić information content (AvgIpc) is 2.81. The van der Waals surface area contributed by atoms with E-state index < -0.39 is 25.6 Å². The van der Waals surface area contributed by atoms with Gasteiger partial charge in [0, 0.05) is 30.9 Å². The molecule has 0 spiro atoms. The van der Waals surface area contributed by atoms with Crippen LogP contribution in [-0.4, -0.2) is 67.2 Å². The molecule has 0 bridgehead atoms. The number of carboxylic acid groups (broad SMARTS) is 1. The van der Waals surface area contributed by atoms with Crippen molar-refractivity contribution >= 4 is 42.2 Å². The first-order valence-electron chi connectivity index (χ1n) is 14.2. The Morgan fingerprint density at radius 3 is 2.33 bits per heavy atom. The quantitative estimate of drug-likeness (QED) is 0.321. The number of carboxylic acids is 1. The van der Waals surface area contributed by atoms with E-state index >= 15 is 0 Å². The molecule has 7 heteroatoms. The molecular formula is C33H37N2O4Si+. The van der Waals surface area contributed by atoms with Gasteiger partial charge in [0.2, 0.25) is 0 Å². The molecule has 6 rings (SSSR count). The van der Waals surface area contributed by atoms with Gasteiger partial charge in [0.1, 0.15) is 26.8 Å². The average molecular weight is 554 g/mol. The van der Waals surface area contributed by atoms with Crippen LogP contribution in [0.1, 0.15) is 65.5 Å². The molecular weight excluding hydrogens is 516 g/mol. The minimum absolute atomic E-state index is 0.180. The Balaban J connectivity index is 1.61. The maximum atomic E-state index is 13.1. The molecule has 0 amide bonds. The summed E-state index contributed by atoms with van der Waals surface area (Å²) in [7, 11) is -2.16. The molecule has 6 nitrogen and oxygen atoms in total. The van der Waals surface area contributed by atoms with E-state index in [9.17, 15) is 14.7 Å². The first-order valence-corrected chi connectivity index (χ1v) is 17.2. The van der Waals surface area contributed by atoms with E-state index in [1.165, 1.54) is 34.6 Å². The molecule has 0 aromatic heterocycles. The number of rotatable bonds is 4. The molecule has 2 aromatic rings. The Hall–Kier alpha value is -3.71. The summed E-state index contributed by atoms with van der Waals surface area (Å²) in [5.41, 5.74) is 5.89. The SMILES string of the molecule is CC(C)(C)OC(=O)c1ccc(C(=O)O)c(C2=C3C=CC(=[N+]4CCC4)C=C3[Si](C)(C)c3cc(N4CCC4)ccc32)c1. The minimum Gasteiger partial charge on any atom is -0.478 e. The highest BCUT2D eigenvalue weighted by Gasteiger charge is 2.42. The molecule has 2 saturated heterocycles. The van der Waals surface area contributed by atoms with Gasteiger partial charge >= 0.3 is 11.9 Å². The first-order chi connectivity index (χ1) is 18.9. The molecule has 0 radical (unpaired) electrons. The number of hydrogen-bond acceptors (Lipinski definition) is 4. The van der Waals surface area contributed by atoms with Gasteiger partial charge in [0.15, 0.2) is 5.71 Å². The summed E-state index contributed by atoms with van der Waals surface area (Å²) >= 11 is 0. The number of hydrogen-bond donors (Lipinski definition) is 1. The third kappa shape index (κ3) is 4.46. The lowest BCUT2D eigenvalue weighted by molar-refractivity contribution is -0.582. The summed E-state index contributed by atoms with van der Waals surface area (Å²) in [5, 5.41) is 12.9. The van der Waals surface area contributed by atoms with Crippen molar-refractivity contribution in [2.75, 3.05) is 31.1 Å². The maximum Gasteiger partial charge on any atom is 0.338 e. The van der Waals surface area contributed by atoms with Gasteiger partial charge in [-0.3, -0.25) is 0 Å². The predicted octanol–water partition coefficient (Wildman–Crippen LogP) is 5.17. The van der Waals surface area contributed by atoms with Crippen molar-refractivity contribution in [1.29, 1.82) is 0 Å². The lowest BCUT2D eigenvalue weighted by Crippen LogP contribution is -2.50. The van der Waals surface area contributed by atoms with Crippen molar-refractivity contribution in [3.05, 3.63) is 87.6 Å². The van der Waals surface area contributed by atoms with E-state index in [0.717, 1.165) is 42.9 Å². The van der Waals surface area contributed by atoms with Crippen LogP contribution in [0.5, 0.6) is 0 Å². The second-order valence-corrected chi connectivity index (χ2v) is 17.0. The van der Waals surface area contributed by atoms with E-state index in [1.54, 1.807) is 18.2 Å². The smallest absolute Gasteiger partial charge is 0.338 e. The van der Waals surface area contributed by atoms with E-state index in [1.807, 2.05) is 20.8 Å². The van der Waals surface area contributed by atoms with Crippen molar-refractivity contribution in [2.24, 2.45) is 0 Å². The third-order valence-electron chi connectivity index (χ3n) is 8.49. The van der Waals surface area contributed by atoms with E-state index in [4.69, 9.17) is 4.74 Å². The third-order valence-corrected chi connectivity index (χ3v) is 12.0. The van der Waals surface area contributed by atoms with Crippen LogP contribution in [0, 0.1) is 0 Å². The fraction of sp³-hybridized carbons (Fsp3) is 0.364. The molecule has 40 heavy (non-hydrogen) atoms. The van der Waals surface area contributed by atoms with Gasteiger partial charge < -0.3 is 14.7 Å². The number of allylic oxidation sites excluding steroid dienone is 5. The summed E-state index contributed by atoms with van der Waals surface area (Å²) in [6.45, 7) is 14.5. The number of nitrogens with zero attached hydrogens (tertiary/aromatic N) is 2. The number of esters is 1. The zero-order chi connectivity index (χ0) is 28.4. The van der Waals surface area contributed by atoms with Gasteiger partial charge in [-0.25, -0.2) is 14.2 Å². The van der Waals surface area contributed by atoms with Crippen LogP contribution in [0.25, 0.3) is 5.57 Å². The first kappa shape index (κ1) is 26.5. The highest BCUT2D eigenvalue weighted by Crippen LogP contribution is 2.43. The van der Waals surface area contributed by atoms with Crippen LogP contribution >= 0.6 is 0 Å². The van der Waals surface area contributed by atoms with Crippen LogP contribution in [0.2, 0.25) is 13.1 Å². The van der Waals surface area contributed by atoms with Gasteiger partial charge in [-0.2, -0.15) is 0 Å². The number of carbonyl (C=O) groups excluding carboxylic acids is 1. The van der Waals surface area contributed by atoms with E-state index in [-0.39, 0.29) is 5.56 Å². The van der Waals surface area contributed by atoms with Crippen molar-refractivity contribution < 1.29 is 24.0 Å². The largest absolute Gasteiger partial charge is 0.478 e. The fourth-order valence-corrected chi connectivity index (χ4v) is 9.13. The molecule has 0 atom stereocenters. The minimum atomic E-state index is -2.16. The summed E-state index contributed by atoms with van der Waals surface area (Å²) in [6, 6.07) is 11.5. The van der Waals surface area contributed by atoms with Gasteiger partial charge in [0.25, 0.3) is 0 Å². The van der Waals surface area contributed by atoms with Crippen molar-refractivity contribution in [3.63, 3.8) is 0 Å². The summed E-state index contributed by atoms with van der Waals surface area (Å²) in [5.74, 6) is -1.48. The molecule has 0 unspecified atom stereocenters. The van der Waals surface area contributed by atoms with Gasteiger partial charge in [0.05, 0.1) is 17.5 Å². The number of fused-ring (bicyclic) bond motifs is 2. The standard InChI is InChI=1S/C33H36N2O4Si/c1-33(2,3)39-32(38)21-8-11-24(31(36)37)27(18-21)30-25-12-9-22(34-14-6-15-34)19-28(25)40(4,5)29-20-23(10-13-26(29)30)35-16-7-17-35/h8-13,18-20H,6-7,14-17H2,1-5H3/p+1. The fourth-order valence-electron chi connectivity index (χ4n) is 6.06. The molecule has 206 valence electrons.